The molecule has 0 bridgehead atoms. The molecule has 1 rings (SSSR count). The average Bonchev–Trinajstić information content (AvgIpc) is 2.42. The summed E-state index contributed by atoms with van der Waals surface area (Å²) >= 11 is 0. The number of nitrogens with zero attached hydrogens (tertiary/aromatic N) is 1. The van der Waals surface area contributed by atoms with E-state index in [1.807, 2.05) is 52.0 Å². The largest absolute Gasteiger partial charge is 0.497 e. The topological polar surface area (TPSA) is 38.8 Å². The molecule has 0 fully saturated rings. The van der Waals surface area contributed by atoms with E-state index >= 15 is 0 Å². The van der Waals surface area contributed by atoms with Gasteiger partial charge in [0.05, 0.1) is 12.7 Å². The van der Waals surface area contributed by atoms with Crippen LogP contribution >= 0.6 is 0 Å². The number of hydrogen-bond acceptors (Lipinski definition) is 3. The van der Waals surface area contributed by atoms with Crippen molar-refractivity contribution in [2.75, 3.05) is 20.3 Å². The molecular weight excluding hydrogens is 254 g/mol. The molecule has 4 heteroatoms. The van der Waals surface area contributed by atoms with E-state index in [4.69, 9.17) is 9.47 Å². The van der Waals surface area contributed by atoms with Crippen LogP contribution in [0, 0.1) is 0 Å². The lowest BCUT2D eigenvalue weighted by atomic mass is 10.2. The average molecular weight is 279 g/mol. The zero-order chi connectivity index (χ0) is 15.2. The second-order valence-electron chi connectivity index (χ2n) is 5.66. The summed E-state index contributed by atoms with van der Waals surface area (Å²) in [6.45, 7) is 9.18. The minimum atomic E-state index is -0.296. The maximum Gasteiger partial charge on any atom is 0.248 e. The maximum absolute atomic E-state index is 12.1. The second kappa shape index (κ2) is 7.29. The van der Waals surface area contributed by atoms with Crippen LogP contribution in [0.15, 0.2) is 24.3 Å². The number of methoxy groups -OCH3 is 1. The fourth-order valence-corrected chi connectivity index (χ4v) is 1.70. The van der Waals surface area contributed by atoms with Crippen LogP contribution in [-0.2, 0) is 16.1 Å². The Hall–Kier alpha value is -1.55. The minimum Gasteiger partial charge on any atom is -0.497 e. The molecule has 112 valence electrons. The Labute approximate surface area is 121 Å². The van der Waals surface area contributed by atoms with Gasteiger partial charge in [0, 0.05) is 13.1 Å². The third kappa shape index (κ3) is 5.61. The van der Waals surface area contributed by atoms with Gasteiger partial charge in [-0.25, -0.2) is 0 Å². The first-order valence-electron chi connectivity index (χ1n) is 6.90. The molecule has 0 aliphatic heterocycles. The quantitative estimate of drug-likeness (QED) is 0.803. The molecule has 0 aliphatic rings. The van der Waals surface area contributed by atoms with Gasteiger partial charge in [0.1, 0.15) is 12.4 Å². The smallest absolute Gasteiger partial charge is 0.248 e. The monoisotopic (exact) mass is 279 g/mol. The SMILES string of the molecule is CCN(Cc1ccc(OC)cc1)C(=O)COC(C)(C)C. The Kier molecular flexibility index (Phi) is 6.02. The van der Waals surface area contributed by atoms with E-state index in [1.165, 1.54) is 0 Å². The van der Waals surface area contributed by atoms with Gasteiger partial charge in [-0.2, -0.15) is 0 Å². The highest BCUT2D eigenvalue weighted by Crippen LogP contribution is 2.13. The summed E-state index contributed by atoms with van der Waals surface area (Å²) in [5.74, 6) is 0.831. The van der Waals surface area contributed by atoms with Crippen molar-refractivity contribution < 1.29 is 14.3 Å². The molecule has 0 N–H and O–H groups in total. The van der Waals surface area contributed by atoms with Gasteiger partial charge in [-0.3, -0.25) is 4.79 Å². The third-order valence-electron chi connectivity index (χ3n) is 2.90. The molecule has 0 saturated carbocycles. The summed E-state index contributed by atoms with van der Waals surface area (Å²) in [6.07, 6.45) is 0. The van der Waals surface area contributed by atoms with Gasteiger partial charge in [0.25, 0.3) is 0 Å². The highest BCUT2D eigenvalue weighted by Gasteiger charge is 2.17. The van der Waals surface area contributed by atoms with Gasteiger partial charge < -0.3 is 14.4 Å². The number of hydrogen-bond donors (Lipinski definition) is 0. The van der Waals surface area contributed by atoms with Crippen molar-refractivity contribution in [2.45, 2.75) is 39.8 Å². The molecule has 20 heavy (non-hydrogen) atoms. The van der Waals surface area contributed by atoms with E-state index in [9.17, 15) is 4.79 Å². The van der Waals surface area contributed by atoms with Gasteiger partial charge in [0.2, 0.25) is 5.91 Å². The Balaban J connectivity index is 2.59. The highest BCUT2D eigenvalue weighted by atomic mass is 16.5. The summed E-state index contributed by atoms with van der Waals surface area (Å²) < 4.78 is 10.7. The Morgan fingerprint density at radius 2 is 1.80 bits per heavy atom. The Morgan fingerprint density at radius 1 is 1.20 bits per heavy atom. The lowest BCUT2D eigenvalue weighted by Gasteiger charge is -2.24. The molecule has 0 aliphatic carbocycles. The fourth-order valence-electron chi connectivity index (χ4n) is 1.70. The van der Waals surface area contributed by atoms with E-state index in [2.05, 4.69) is 0 Å². The van der Waals surface area contributed by atoms with Crippen LogP contribution in [0.25, 0.3) is 0 Å². The lowest BCUT2D eigenvalue weighted by molar-refractivity contribution is -0.141. The van der Waals surface area contributed by atoms with Crippen molar-refractivity contribution in [3.05, 3.63) is 29.8 Å². The van der Waals surface area contributed by atoms with Crippen LogP contribution < -0.4 is 4.74 Å². The van der Waals surface area contributed by atoms with E-state index in [0.717, 1.165) is 11.3 Å². The fraction of sp³-hybridized carbons (Fsp3) is 0.562. The van der Waals surface area contributed by atoms with Crippen molar-refractivity contribution in [1.29, 1.82) is 0 Å². The van der Waals surface area contributed by atoms with E-state index in [1.54, 1.807) is 12.0 Å². The van der Waals surface area contributed by atoms with Gasteiger partial charge in [-0.05, 0) is 45.4 Å². The predicted molar refractivity (Wildman–Crippen MR) is 79.8 cm³/mol. The summed E-state index contributed by atoms with van der Waals surface area (Å²) in [7, 11) is 1.64. The number of likely N-dealkylation sites (N-methyl/N-ethyl adjacent to an activating group) is 1. The molecule has 1 aromatic rings. The van der Waals surface area contributed by atoms with Crippen LogP contribution in [0.3, 0.4) is 0 Å². The lowest BCUT2D eigenvalue weighted by Crippen LogP contribution is -2.36. The first-order chi connectivity index (χ1) is 9.35. The number of amides is 1. The molecular formula is C16H25NO3. The van der Waals surface area contributed by atoms with E-state index in [0.29, 0.717) is 13.1 Å². The Bertz CT molecular complexity index is 420. The van der Waals surface area contributed by atoms with Gasteiger partial charge in [-0.15, -0.1) is 0 Å². The molecule has 0 spiro atoms. The second-order valence-corrected chi connectivity index (χ2v) is 5.66. The summed E-state index contributed by atoms with van der Waals surface area (Å²) in [4.78, 5) is 13.9. The van der Waals surface area contributed by atoms with Crippen molar-refractivity contribution in [3.63, 3.8) is 0 Å². The van der Waals surface area contributed by atoms with Gasteiger partial charge >= 0.3 is 0 Å². The van der Waals surface area contributed by atoms with Crippen molar-refractivity contribution >= 4 is 5.91 Å². The molecule has 4 nitrogen and oxygen atoms in total. The number of ether oxygens (including phenoxy) is 2. The van der Waals surface area contributed by atoms with E-state index in [-0.39, 0.29) is 18.1 Å². The number of benzene rings is 1. The molecule has 0 atom stereocenters. The zero-order valence-corrected chi connectivity index (χ0v) is 13.1. The van der Waals surface area contributed by atoms with Crippen LogP contribution in [0.2, 0.25) is 0 Å². The zero-order valence-electron chi connectivity index (χ0n) is 13.1. The Morgan fingerprint density at radius 3 is 2.25 bits per heavy atom. The van der Waals surface area contributed by atoms with Crippen LogP contribution in [0.4, 0.5) is 0 Å². The van der Waals surface area contributed by atoms with Gasteiger partial charge in [-0.1, -0.05) is 12.1 Å². The minimum absolute atomic E-state index is 0.0123. The molecule has 0 heterocycles. The third-order valence-corrected chi connectivity index (χ3v) is 2.90. The molecule has 1 amide bonds. The molecule has 0 saturated heterocycles. The van der Waals surface area contributed by atoms with E-state index < -0.39 is 0 Å². The standard InChI is InChI=1S/C16H25NO3/c1-6-17(15(18)12-20-16(2,3)4)11-13-7-9-14(19-5)10-8-13/h7-10H,6,11-12H2,1-5H3. The summed E-state index contributed by atoms with van der Waals surface area (Å²) in [5.41, 5.74) is 0.784. The first kappa shape index (κ1) is 16.5. The van der Waals surface area contributed by atoms with Crippen molar-refractivity contribution in [3.8, 4) is 5.75 Å². The number of carbonyl (C=O) groups excluding carboxylic acids is 1. The summed E-state index contributed by atoms with van der Waals surface area (Å²) in [6, 6.07) is 7.75. The maximum atomic E-state index is 12.1. The van der Waals surface area contributed by atoms with Crippen LogP contribution in [-0.4, -0.2) is 36.7 Å². The highest BCUT2D eigenvalue weighted by molar-refractivity contribution is 5.77. The molecule has 0 radical (unpaired) electrons. The molecule has 1 aromatic carbocycles. The number of carbonyl (C=O) groups is 1. The van der Waals surface area contributed by atoms with Crippen LogP contribution in [0.5, 0.6) is 5.75 Å². The van der Waals surface area contributed by atoms with Crippen molar-refractivity contribution in [2.24, 2.45) is 0 Å². The van der Waals surface area contributed by atoms with Crippen molar-refractivity contribution in [1.82, 2.24) is 4.90 Å². The summed E-state index contributed by atoms with van der Waals surface area (Å²) in [5, 5.41) is 0. The number of rotatable bonds is 6. The molecule has 0 unspecified atom stereocenters. The predicted octanol–water partition coefficient (Wildman–Crippen LogP) is 2.86. The van der Waals surface area contributed by atoms with Gasteiger partial charge in [0.15, 0.2) is 0 Å². The van der Waals surface area contributed by atoms with Crippen LogP contribution in [0.1, 0.15) is 33.3 Å². The first-order valence-corrected chi connectivity index (χ1v) is 6.90. The molecule has 0 aromatic heterocycles. The normalized spacial score (nSPS) is 11.2.